The van der Waals surface area contributed by atoms with Crippen molar-refractivity contribution >= 4 is 12.2 Å². The van der Waals surface area contributed by atoms with Crippen LogP contribution < -0.4 is 0 Å². The third-order valence-corrected chi connectivity index (χ3v) is 3.09. The van der Waals surface area contributed by atoms with Gasteiger partial charge in [0.25, 0.3) is 0 Å². The van der Waals surface area contributed by atoms with E-state index in [0.29, 0.717) is 5.56 Å². The first-order valence-electron chi connectivity index (χ1n) is 6.37. The van der Waals surface area contributed by atoms with Crippen LogP contribution in [0.3, 0.4) is 0 Å². The molecule has 2 rings (SSSR count). The van der Waals surface area contributed by atoms with E-state index in [-0.39, 0.29) is 17.4 Å². The van der Waals surface area contributed by atoms with Gasteiger partial charge in [0.2, 0.25) is 0 Å². The van der Waals surface area contributed by atoms with Crippen molar-refractivity contribution in [2.75, 3.05) is 0 Å². The molecule has 0 aliphatic heterocycles. The van der Waals surface area contributed by atoms with Gasteiger partial charge in [-0.05, 0) is 11.5 Å². The molecule has 0 amide bonds. The van der Waals surface area contributed by atoms with Crippen LogP contribution in [0.1, 0.15) is 36.5 Å². The van der Waals surface area contributed by atoms with E-state index in [1.54, 1.807) is 6.08 Å². The van der Waals surface area contributed by atoms with Crippen molar-refractivity contribution in [1.82, 2.24) is 0 Å². The SMILES string of the molecule is CC(C)c1ccc(C=Cc2ccccc2)c(O)c1O. The van der Waals surface area contributed by atoms with E-state index < -0.39 is 0 Å². The molecule has 0 atom stereocenters. The molecule has 98 valence electrons. The number of phenolic OH excluding ortho intramolecular Hbond substituents is 2. The van der Waals surface area contributed by atoms with Gasteiger partial charge in [0.15, 0.2) is 11.5 Å². The van der Waals surface area contributed by atoms with E-state index >= 15 is 0 Å². The highest BCUT2D eigenvalue weighted by molar-refractivity contribution is 5.74. The van der Waals surface area contributed by atoms with Crippen molar-refractivity contribution in [3.8, 4) is 11.5 Å². The Balaban J connectivity index is 2.32. The zero-order valence-electron chi connectivity index (χ0n) is 11.2. The predicted octanol–water partition coefficient (Wildman–Crippen LogP) is 4.39. The van der Waals surface area contributed by atoms with Gasteiger partial charge in [-0.1, -0.05) is 68.5 Å². The van der Waals surface area contributed by atoms with Crippen molar-refractivity contribution in [2.24, 2.45) is 0 Å². The van der Waals surface area contributed by atoms with E-state index in [1.165, 1.54) is 0 Å². The summed E-state index contributed by atoms with van der Waals surface area (Å²) >= 11 is 0. The molecule has 2 aromatic carbocycles. The van der Waals surface area contributed by atoms with Gasteiger partial charge in [0, 0.05) is 11.1 Å². The molecule has 0 radical (unpaired) electrons. The lowest BCUT2D eigenvalue weighted by atomic mass is 9.99. The number of rotatable bonds is 3. The van der Waals surface area contributed by atoms with Gasteiger partial charge < -0.3 is 10.2 Å². The van der Waals surface area contributed by atoms with Gasteiger partial charge in [0.1, 0.15) is 0 Å². The molecule has 2 aromatic rings. The van der Waals surface area contributed by atoms with E-state index in [1.807, 2.05) is 62.4 Å². The van der Waals surface area contributed by atoms with Gasteiger partial charge >= 0.3 is 0 Å². The Kier molecular flexibility index (Phi) is 3.91. The Hall–Kier alpha value is -2.22. The van der Waals surface area contributed by atoms with Crippen molar-refractivity contribution < 1.29 is 10.2 Å². The number of hydrogen-bond donors (Lipinski definition) is 2. The van der Waals surface area contributed by atoms with Crippen LogP contribution in [0.15, 0.2) is 42.5 Å². The highest BCUT2D eigenvalue weighted by atomic mass is 16.3. The van der Waals surface area contributed by atoms with E-state index in [4.69, 9.17) is 0 Å². The van der Waals surface area contributed by atoms with Crippen LogP contribution in [0.2, 0.25) is 0 Å². The molecule has 0 spiro atoms. The van der Waals surface area contributed by atoms with Crippen LogP contribution in [0.4, 0.5) is 0 Å². The molecule has 0 aromatic heterocycles. The van der Waals surface area contributed by atoms with Gasteiger partial charge in [-0.15, -0.1) is 0 Å². The summed E-state index contributed by atoms with van der Waals surface area (Å²) in [6, 6.07) is 13.5. The van der Waals surface area contributed by atoms with E-state index in [2.05, 4.69) is 0 Å². The number of benzene rings is 2. The number of hydrogen-bond acceptors (Lipinski definition) is 2. The first-order valence-corrected chi connectivity index (χ1v) is 6.37. The van der Waals surface area contributed by atoms with Gasteiger partial charge in [-0.25, -0.2) is 0 Å². The fourth-order valence-corrected chi connectivity index (χ4v) is 1.96. The molecule has 0 unspecified atom stereocenters. The maximum Gasteiger partial charge on any atom is 0.165 e. The molecule has 19 heavy (non-hydrogen) atoms. The summed E-state index contributed by atoms with van der Waals surface area (Å²) in [4.78, 5) is 0. The molecule has 2 nitrogen and oxygen atoms in total. The lowest BCUT2D eigenvalue weighted by Crippen LogP contribution is -1.89. The second kappa shape index (κ2) is 5.61. The summed E-state index contributed by atoms with van der Waals surface area (Å²) in [5.74, 6) is 0.0987. The average Bonchev–Trinajstić information content (AvgIpc) is 2.41. The number of aromatic hydroxyl groups is 2. The van der Waals surface area contributed by atoms with Crippen LogP contribution in [0.5, 0.6) is 11.5 Å². The maximum absolute atomic E-state index is 10.0. The van der Waals surface area contributed by atoms with Gasteiger partial charge in [-0.3, -0.25) is 0 Å². The molecule has 0 aliphatic rings. The maximum atomic E-state index is 10.0. The van der Waals surface area contributed by atoms with Crippen molar-refractivity contribution in [3.05, 3.63) is 59.2 Å². The average molecular weight is 254 g/mol. The van der Waals surface area contributed by atoms with Crippen molar-refractivity contribution in [3.63, 3.8) is 0 Å². The molecule has 0 fully saturated rings. The molecular weight excluding hydrogens is 236 g/mol. The summed E-state index contributed by atoms with van der Waals surface area (Å²) in [6.45, 7) is 3.96. The monoisotopic (exact) mass is 254 g/mol. The molecule has 0 bridgehead atoms. The second-order valence-corrected chi connectivity index (χ2v) is 4.84. The smallest absolute Gasteiger partial charge is 0.165 e. The van der Waals surface area contributed by atoms with E-state index in [9.17, 15) is 10.2 Å². The Labute approximate surface area is 113 Å². The van der Waals surface area contributed by atoms with Crippen LogP contribution in [0, 0.1) is 0 Å². The summed E-state index contributed by atoms with van der Waals surface area (Å²) in [7, 11) is 0. The summed E-state index contributed by atoms with van der Waals surface area (Å²) in [5.41, 5.74) is 2.43. The minimum absolute atomic E-state index is 0.0230. The van der Waals surface area contributed by atoms with Crippen molar-refractivity contribution in [1.29, 1.82) is 0 Å². The fourth-order valence-electron chi connectivity index (χ4n) is 1.96. The Morgan fingerprint density at radius 1 is 0.842 bits per heavy atom. The van der Waals surface area contributed by atoms with Crippen molar-refractivity contribution in [2.45, 2.75) is 19.8 Å². The lowest BCUT2D eigenvalue weighted by Gasteiger charge is -2.11. The van der Waals surface area contributed by atoms with Crippen LogP contribution >= 0.6 is 0 Å². The fraction of sp³-hybridized carbons (Fsp3) is 0.176. The number of phenols is 2. The second-order valence-electron chi connectivity index (χ2n) is 4.84. The molecule has 2 N–H and O–H groups in total. The predicted molar refractivity (Wildman–Crippen MR) is 79.2 cm³/mol. The molecule has 0 aliphatic carbocycles. The molecule has 0 saturated carbocycles. The van der Waals surface area contributed by atoms with Crippen LogP contribution in [0.25, 0.3) is 12.2 Å². The minimum Gasteiger partial charge on any atom is -0.504 e. The summed E-state index contributed by atoms with van der Waals surface area (Å²) in [6.07, 6.45) is 3.71. The minimum atomic E-state index is -0.0571. The standard InChI is InChI=1S/C17H18O2/c1-12(2)15-11-10-14(16(18)17(15)19)9-8-13-6-4-3-5-7-13/h3-12,18-19H,1-2H3. The molecule has 0 heterocycles. The zero-order valence-corrected chi connectivity index (χ0v) is 11.2. The van der Waals surface area contributed by atoms with Crippen LogP contribution in [-0.2, 0) is 0 Å². The third-order valence-electron chi connectivity index (χ3n) is 3.09. The highest BCUT2D eigenvalue weighted by Gasteiger charge is 2.12. The highest BCUT2D eigenvalue weighted by Crippen LogP contribution is 2.37. The summed E-state index contributed by atoms with van der Waals surface area (Å²) < 4.78 is 0. The zero-order chi connectivity index (χ0) is 13.8. The molecule has 2 heteroatoms. The Morgan fingerprint density at radius 2 is 1.53 bits per heavy atom. The van der Waals surface area contributed by atoms with Gasteiger partial charge in [-0.2, -0.15) is 0 Å². The Bertz CT molecular complexity index is 584. The summed E-state index contributed by atoms with van der Waals surface area (Å²) in [5, 5.41) is 20.0. The van der Waals surface area contributed by atoms with E-state index in [0.717, 1.165) is 11.1 Å². The lowest BCUT2D eigenvalue weighted by molar-refractivity contribution is 0.397. The quantitative estimate of drug-likeness (QED) is 0.630. The largest absolute Gasteiger partial charge is 0.504 e. The first-order chi connectivity index (χ1) is 9.09. The topological polar surface area (TPSA) is 40.5 Å². The normalized spacial score (nSPS) is 11.3. The van der Waals surface area contributed by atoms with Gasteiger partial charge in [0.05, 0.1) is 0 Å². The first kappa shape index (κ1) is 13.2. The Morgan fingerprint density at radius 3 is 2.16 bits per heavy atom. The molecule has 0 saturated heterocycles. The van der Waals surface area contributed by atoms with Crippen LogP contribution in [-0.4, -0.2) is 10.2 Å². The third kappa shape index (κ3) is 2.97. The molecular formula is C17H18O2.